The molecular weight excluding hydrogens is 321 g/mol. The lowest BCUT2D eigenvalue weighted by atomic mass is 9.96. The van der Waals surface area contributed by atoms with E-state index in [1.165, 1.54) is 11.8 Å². The third-order valence-electron chi connectivity index (χ3n) is 3.83. The fourth-order valence-corrected chi connectivity index (χ4v) is 2.94. The summed E-state index contributed by atoms with van der Waals surface area (Å²) in [6.45, 7) is 2.28. The molecule has 0 saturated carbocycles. The van der Waals surface area contributed by atoms with Gasteiger partial charge in [0, 0.05) is 5.39 Å². The Kier molecular flexibility index (Phi) is 4.62. The molecule has 0 aliphatic heterocycles. The Hall–Kier alpha value is -2.28. The van der Waals surface area contributed by atoms with E-state index < -0.39 is 0 Å². The van der Waals surface area contributed by atoms with E-state index in [9.17, 15) is 4.79 Å². The van der Waals surface area contributed by atoms with Crippen molar-refractivity contribution in [2.24, 2.45) is 0 Å². The number of ether oxygens (including phenoxy) is 1. The largest absolute Gasteiger partial charge is 0.497 e. The first-order valence-electron chi connectivity index (χ1n) is 7.38. The van der Waals surface area contributed by atoms with Crippen LogP contribution in [0.3, 0.4) is 0 Å². The Morgan fingerprint density at radius 2 is 1.96 bits per heavy atom. The molecule has 5 nitrogen and oxygen atoms in total. The van der Waals surface area contributed by atoms with E-state index in [0.717, 1.165) is 22.4 Å². The van der Waals surface area contributed by atoms with Crippen LogP contribution in [0, 0.1) is 6.92 Å². The second kappa shape index (κ2) is 6.69. The van der Waals surface area contributed by atoms with Gasteiger partial charge in [0.2, 0.25) is 5.56 Å². The molecule has 0 aliphatic rings. The van der Waals surface area contributed by atoms with Crippen molar-refractivity contribution >= 4 is 36.1 Å². The molecular formula is C17H16BN3O2S. The van der Waals surface area contributed by atoms with Crippen LogP contribution in [0.2, 0.25) is 0 Å². The Morgan fingerprint density at radius 3 is 2.58 bits per heavy atom. The highest BCUT2D eigenvalue weighted by atomic mass is 32.2. The van der Waals surface area contributed by atoms with E-state index in [-0.39, 0.29) is 11.0 Å². The molecule has 0 bridgehead atoms. The Balaban J connectivity index is 2.19. The molecule has 7 heteroatoms. The predicted octanol–water partition coefficient (Wildman–Crippen LogP) is 1.67. The van der Waals surface area contributed by atoms with Crippen LogP contribution in [0.25, 0.3) is 11.0 Å². The Labute approximate surface area is 145 Å². The van der Waals surface area contributed by atoms with Crippen LogP contribution < -0.4 is 15.8 Å². The van der Waals surface area contributed by atoms with Crippen molar-refractivity contribution in [3.8, 4) is 5.75 Å². The van der Waals surface area contributed by atoms with Crippen molar-refractivity contribution in [3.63, 3.8) is 0 Å². The summed E-state index contributed by atoms with van der Waals surface area (Å²) < 4.78 is 6.76. The van der Waals surface area contributed by atoms with Crippen LogP contribution in [0.15, 0.2) is 40.3 Å². The van der Waals surface area contributed by atoms with Crippen molar-refractivity contribution in [2.45, 2.75) is 18.6 Å². The molecule has 0 N–H and O–H groups in total. The van der Waals surface area contributed by atoms with E-state index in [0.29, 0.717) is 17.3 Å². The van der Waals surface area contributed by atoms with Gasteiger partial charge in [-0.3, -0.25) is 9.36 Å². The maximum Gasteiger partial charge on any atom is 0.245 e. The van der Waals surface area contributed by atoms with Crippen molar-refractivity contribution in [1.29, 1.82) is 0 Å². The van der Waals surface area contributed by atoms with Crippen molar-refractivity contribution in [2.75, 3.05) is 13.4 Å². The third-order valence-corrected chi connectivity index (χ3v) is 4.37. The number of pyridine rings is 1. The van der Waals surface area contributed by atoms with E-state index in [1.807, 2.05) is 37.4 Å². The van der Waals surface area contributed by atoms with Crippen LogP contribution >= 0.6 is 11.8 Å². The van der Waals surface area contributed by atoms with Gasteiger partial charge in [0.25, 0.3) is 0 Å². The smallest absolute Gasteiger partial charge is 0.245 e. The maximum absolute atomic E-state index is 12.6. The lowest BCUT2D eigenvalue weighted by molar-refractivity contribution is 0.414. The standard InChI is InChI=1S/C17H16BN3O2S/c1-10-13-8-14(18)16(22)21(15(13)20-17(19-10)24-3)9-11-4-6-12(23-2)7-5-11/h4-8H,9H2,1-3H3. The third kappa shape index (κ3) is 3.04. The number of hydrogen-bond donors (Lipinski definition) is 0. The van der Waals surface area contributed by atoms with Gasteiger partial charge in [-0.15, -0.1) is 0 Å². The minimum absolute atomic E-state index is 0.194. The number of nitrogens with zero attached hydrogens (tertiary/aromatic N) is 3. The number of benzene rings is 1. The number of thioether (sulfide) groups is 1. The van der Waals surface area contributed by atoms with Gasteiger partial charge < -0.3 is 4.74 Å². The van der Waals surface area contributed by atoms with Crippen LogP contribution in [0.4, 0.5) is 0 Å². The Bertz CT molecular complexity index is 955. The number of fused-ring (bicyclic) bond motifs is 1. The zero-order valence-electron chi connectivity index (χ0n) is 13.7. The maximum atomic E-state index is 12.6. The minimum Gasteiger partial charge on any atom is -0.497 e. The molecule has 2 aromatic heterocycles. The van der Waals surface area contributed by atoms with Crippen molar-refractivity contribution in [3.05, 3.63) is 51.9 Å². The van der Waals surface area contributed by atoms with E-state index in [4.69, 9.17) is 12.6 Å². The fourth-order valence-electron chi connectivity index (χ4n) is 2.54. The normalized spacial score (nSPS) is 11.0. The van der Waals surface area contributed by atoms with Crippen molar-refractivity contribution < 1.29 is 4.74 Å². The summed E-state index contributed by atoms with van der Waals surface area (Å²) in [5, 5.41) is 1.42. The first-order valence-corrected chi connectivity index (χ1v) is 8.60. The van der Waals surface area contributed by atoms with E-state index in [2.05, 4.69) is 9.97 Å². The molecule has 3 rings (SSSR count). The number of aromatic nitrogens is 3. The summed E-state index contributed by atoms with van der Waals surface area (Å²) in [4.78, 5) is 21.5. The van der Waals surface area contributed by atoms with Gasteiger partial charge in [-0.05, 0) is 36.3 Å². The van der Waals surface area contributed by atoms with Gasteiger partial charge >= 0.3 is 0 Å². The highest BCUT2D eigenvalue weighted by Gasteiger charge is 2.12. The van der Waals surface area contributed by atoms with Gasteiger partial charge in [-0.1, -0.05) is 30.0 Å². The highest BCUT2D eigenvalue weighted by molar-refractivity contribution is 7.98. The SMILES string of the molecule is [B]c1cc2c(C)nc(SC)nc2n(Cc2ccc(OC)cc2)c1=O. The minimum atomic E-state index is -0.247. The molecule has 24 heavy (non-hydrogen) atoms. The number of hydrogen-bond acceptors (Lipinski definition) is 5. The summed E-state index contributed by atoms with van der Waals surface area (Å²) in [7, 11) is 7.53. The first-order chi connectivity index (χ1) is 11.5. The van der Waals surface area contributed by atoms with Gasteiger partial charge in [0.05, 0.1) is 19.3 Å². The monoisotopic (exact) mass is 337 g/mol. The fraction of sp³-hybridized carbons (Fsp3) is 0.235. The second-order valence-electron chi connectivity index (χ2n) is 5.37. The zero-order chi connectivity index (χ0) is 17.3. The van der Waals surface area contributed by atoms with Crippen molar-refractivity contribution in [1.82, 2.24) is 14.5 Å². The molecule has 0 unspecified atom stereocenters. The molecule has 0 saturated heterocycles. The summed E-state index contributed by atoms with van der Waals surface area (Å²) in [6.07, 6.45) is 1.91. The average Bonchev–Trinajstić information content (AvgIpc) is 2.60. The molecule has 2 radical (unpaired) electrons. The number of rotatable bonds is 4. The van der Waals surface area contributed by atoms with Crippen LogP contribution in [0.5, 0.6) is 5.75 Å². The number of methoxy groups -OCH3 is 1. The molecule has 2 heterocycles. The first kappa shape index (κ1) is 16.6. The molecule has 0 spiro atoms. The zero-order valence-corrected chi connectivity index (χ0v) is 14.6. The summed E-state index contributed by atoms with van der Waals surface area (Å²) in [5.74, 6) is 0.770. The lowest BCUT2D eigenvalue weighted by Crippen LogP contribution is -2.35. The predicted molar refractivity (Wildman–Crippen MR) is 97.8 cm³/mol. The quantitative estimate of drug-likeness (QED) is 0.412. The molecule has 1 aromatic carbocycles. The highest BCUT2D eigenvalue weighted by Crippen LogP contribution is 2.19. The lowest BCUT2D eigenvalue weighted by Gasteiger charge is -2.13. The molecule has 0 aliphatic carbocycles. The molecule has 0 amide bonds. The molecule has 3 aromatic rings. The summed E-state index contributed by atoms with van der Waals surface area (Å²) in [5.41, 5.74) is 2.32. The van der Waals surface area contributed by atoms with E-state index in [1.54, 1.807) is 17.7 Å². The summed E-state index contributed by atoms with van der Waals surface area (Å²) in [6, 6.07) is 9.22. The summed E-state index contributed by atoms with van der Waals surface area (Å²) >= 11 is 1.44. The van der Waals surface area contributed by atoms with Crippen LogP contribution in [-0.2, 0) is 6.54 Å². The molecule has 0 fully saturated rings. The van der Waals surface area contributed by atoms with Gasteiger partial charge in [0.1, 0.15) is 19.2 Å². The van der Waals surface area contributed by atoms with Gasteiger partial charge in [-0.2, -0.15) is 0 Å². The van der Waals surface area contributed by atoms with Gasteiger partial charge in [-0.25, -0.2) is 9.97 Å². The number of aryl methyl sites for hydroxylation is 1. The van der Waals surface area contributed by atoms with Crippen LogP contribution in [0.1, 0.15) is 11.3 Å². The van der Waals surface area contributed by atoms with Gasteiger partial charge in [0.15, 0.2) is 5.16 Å². The molecule has 120 valence electrons. The molecule has 0 atom stereocenters. The van der Waals surface area contributed by atoms with Crippen LogP contribution in [-0.4, -0.2) is 35.7 Å². The van der Waals surface area contributed by atoms with E-state index >= 15 is 0 Å². The Morgan fingerprint density at radius 1 is 1.25 bits per heavy atom. The average molecular weight is 337 g/mol. The topological polar surface area (TPSA) is 57.0 Å². The second-order valence-corrected chi connectivity index (χ2v) is 6.15.